The Labute approximate surface area is 92.9 Å². The van der Waals surface area contributed by atoms with Crippen LogP contribution in [0.5, 0.6) is 0 Å². The standard InChI is InChI=1S/C4H6ClNS2.Na/c1-3(5)2-6-4(7)8;/h1-2H2,(H2,6,7,8);/q;+1/p-1. The van der Waals surface area contributed by atoms with Crippen molar-refractivity contribution in [1.29, 1.82) is 0 Å². The molecule has 46 valence electrons. The van der Waals surface area contributed by atoms with Crippen LogP contribution in [0.25, 0.3) is 0 Å². The monoisotopic (exact) mass is 189 g/mol. The maximum atomic E-state index is 5.36. The van der Waals surface area contributed by atoms with Crippen LogP contribution < -0.4 is 34.9 Å². The van der Waals surface area contributed by atoms with Crippen LogP contribution >= 0.6 is 23.8 Å². The van der Waals surface area contributed by atoms with E-state index in [2.05, 4.69) is 36.7 Å². The minimum Gasteiger partial charge on any atom is -0.412 e. The normalized spacial score (nSPS) is 7.22. The maximum absolute atomic E-state index is 5.36. The van der Waals surface area contributed by atoms with Gasteiger partial charge in [-0.15, -0.1) is 0 Å². The average molecular weight is 190 g/mol. The van der Waals surface area contributed by atoms with Gasteiger partial charge in [0.05, 0.1) is 0 Å². The van der Waals surface area contributed by atoms with E-state index in [9.17, 15) is 0 Å². The van der Waals surface area contributed by atoms with Gasteiger partial charge in [0, 0.05) is 11.6 Å². The van der Waals surface area contributed by atoms with E-state index in [-0.39, 0.29) is 29.6 Å². The fourth-order valence-electron chi connectivity index (χ4n) is 0.168. The maximum Gasteiger partial charge on any atom is 1.00 e. The molecule has 0 aliphatic heterocycles. The molecule has 0 spiro atoms. The molecule has 9 heavy (non-hydrogen) atoms. The van der Waals surface area contributed by atoms with E-state index in [1.54, 1.807) is 0 Å². The van der Waals surface area contributed by atoms with Crippen LogP contribution in [0.15, 0.2) is 11.6 Å². The average Bonchev–Trinajstić information content (AvgIpc) is 1.61. The predicted molar refractivity (Wildman–Crippen MR) is 43.0 cm³/mol. The van der Waals surface area contributed by atoms with Gasteiger partial charge in [-0.2, -0.15) is 0 Å². The van der Waals surface area contributed by atoms with Gasteiger partial charge in [-0.05, 0) is 0 Å². The Balaban J connectivity index is 0. The molecule has 1 nitrogen and oxygen atoms in total. The summed E-state index contributed by atoms with van der Waals surface area (Å²) in [6.45, 7) is 3.89. The van der Waals surface area contributed by atoms with Crippen molar-refractivity contribution in [2.24, 2.45) is 0 Å². The zero-order chi connectivity index (χ0) is 6.57. The first-order valence-electron chi connectivity index (χ1n) is 1.91. The quantitative estimate of drug-likeness (QED) is 0.312. The summed E-state index contributed by atoms with van der Waals surface area (Å²) in [5.74, 6) is 0. The molecule has 1 N–H and O–H groups in total. The molecule has 0 heterocycles. The van der Waals surface area contributed by atoms with Crippen molar-refractivity contribution < 1.29 is 29.6 Å². The minimum atomic E-state index is 0. The molecule has 0 bridgehead atoms. The first-order chi connectivity index (χ1) is 3.63. The Kier molecular flexibility index (Phi) is 10.3. The van der Waals surface area contributed by atoms with Gasteiger partial charge in [-0.25, -0.2) is 0 Å². The predicted octanol–water partition coefficient (Wildman–Crippen LogP) is -1.84. The SMILES string of the molecule is C=C(Cl)CNC(=S)[S-].[Na+]. The number of nitrogens with one attached hydrogen (secondary N) is 1. The van der Waals surface area contributed by atoms with Gasteiger partial charge >= 0.3 is 29.6 Å². The fraction of sp³-hybridized carbons (Fsp3) is 0.250. The summed E-state index contributed by atoms with van der Waals surface area (Å²) >= 11 is 14.4. The van der Waals surface area contributed by atoms with E-state index in [0.29, 0.717) is 15.9 Å². The summed E-state index contributed by atoms with van der Waals surface area (Å²) in [6, 6.07) is 0. The molecular formula is C4H5ClNNaS2. The summed E-state index contributed by atoms with van der Waals surface area (Å²) in [6.07, 6.45) is 0. The molecule has 0 fully saturated rings. The second-order valence-electron chi connectivity index (χ2n) is 1.16. The Morgan fingerprint density at radius 3 is 2.33 bits per heavy atom. The Morgan fingerprint density at radius 1 is 1.78 bits per heavy atom. The number of halogens is 1. The molecule has 0 aromatic heterocycles. The van der Waals surface area contributed by atoms with Gasteiger partial charge in [-0.3, -0.25) is 0 Å². The van der Waals surface area contributed by atoms with E-state index >= 15 is 0 Å². The molecule has 0 saturated carbocycles. The minimum absolute atomic E-state index is 0. The molecule has 0 unspecified atom stereocenters. The zero-order valence-electron chi connectivity index (χ0n) is 5.11. The van der Waals surface area contributed by atoms with Crippen LogP contribution in [0.3, 0.4) is 0 Å². The van der Waals surface area contributed by atoms with E-state index in [1.807, 2.05) is 0 Å². The Bertz CT molecular complexity index is 103. The van der Waals surface area contributed by atoms with Gasteiger partial charge in [0.15, 0.2) is 0 Å². The Morgan fingerprint density at radius 2 is 2.22 bits per heavy atom. The van der Waals surface area contributed by atoms with E-state index in [0.717, 1.165) is 0 Å². The van der Waals surface area contributed by atoms with Crippen molar-refractivity contribution in [3.63, 3.8) is 0 Å². The largest absolute Gasteiger partial charge is 1.00 e. The van der Waals surface area contributed by atoms with Gasteiger partial charge in [0.25, 0.3) is 0 Å². The molecular weight excluding hydrogens is 185 g/mol. The second kappa shape index (κ2) is 7.25. The van der Waals surface area contributed by atoms with Crippen LogP contribution in [0, 0.1) is 0 Å². The van der Waals surface area contributed by atoms with Crippen LogP contribution in [-0.4, -0.2) is 10.9 Å². The molecule has 0 aromatic carbocycles. The second-order valence-corrected chi connectivity index (χ2v) is 2.77. The van der Waals surface area contributed by atoms with Crippen molar-refractivity contribution in [2.75, 3.05) is 6.54 Å². The van der Waals surface area contributed by atoms with Crippen molar-refractivity contribution in [3.8, 4) is 0 Å². The first kappa shape index (κ1) is 12.8. The number of rotatable bonds is 2. The van der Waals surface area contributed by atoms with Gasteiger partial charge < -0.3 is 30.2 Å². The third kappa shape index (κ3) is 12.4. The van der Waals surface area contributed by atoms with Crippen LogP contribution in [0.1, 0.15) is 0 Å². The summed E-state index contributed by atoms with van der Waals surface area (Å²) in [5.41, 5.74) is 0. The molecule has 0 aromatic rings. The Hall–Kier alpha value is 1.14. The molecule has 0 aliphatic rings. The fourth-order valence-corrected chi connectivity index (χ4v) is 0.379. The third-order valence-electron chi connectivity index (χ3n) is 0.425. The smallest absolute Gasteiger partial charge is 0.412 e. The molecule has 0 rings (SSSR count). The van der Waals surface area contributed by atoms with Crippen molar-refractivity contribution in [1.82, 2.24) is 5.32 Å². The van der Waals surface area contributed by atoms with Gasteiger partial charge in [0.2, 0.25) is 0 Å². The molecule has 0 aliphatic carbocycles. The molecule has 0 amide bonds. The van der Waals surface area contributed by atoms with Crippen molar-refractivity contribution in [2.45, 2.75) is 0 Å². The van der Waals surface area contributed by atoms with E-state index < -0.39 is 0 Å². The summed E-state index contributed by atoms with van der Waals surface area (Å²) in [5, 5.41) is 3.17. The third-order valence-corrected chi connectivity index (χ3v) is 0.847. The molecule has 0 radical (unpaired) electrons. The number of hydrogen-bond acceptors (Lipinski definition) is 2. The van der Waals surface area contributed by atoms with Crippen molar-refractivity contribution >= 4 is 40.8 Å². The van der Waals surface area contributed by atoms with Gasteiger partial charge in [0.1, 0.15) is 0 Å². The van der Waals surface area contributed by atoms with Gasteiger partial charge in [-0.1, -0.05) is 22.5 Å². The van der Waals surface area contributed by atoms with E-state index in [4.69, 9.17) is 11.6 Å². The number of thiocarbonyl (C=S) groups is 1. The molecule has 0 atom stereocenters. The van der Waals surface area contributed by atoms with Crippen LogP contribution in [0.4, 0.5) is 0 Å². The zero-order valence-corrected chi connectivity index (χ0v) is 9.50. The number of hydrogen-bond donors (Lipinski definition) is 1. The first-order valence-corrected chi connectivity index (χ1v) is 3.10. The van der Waals surface area contributed by atoms with Crippen LogP contribution in [0.2, 0.25) is 0 Å². The topological polar surface area (TPSA) is 12.0 Å². The summed E-state index contributed by atoms with van der Waals surface area (Å²) in [7, 11) is 0. The molecule has 0 saturated heterocycles. The van der Waals surface area contributed by atoms with Crippen molar-refractivity contribution in [3.05, 3.63) is 11.6 Å². The molecule has 5 heteroatoms. The van der Waals surface area contributed by atoms with Crippen LogP contribution in [-0.2, 0) is 12.6 Å². The summed E-state index contributed by atoms with van der Waals surface area (Å²) < 4.78 is 0.326. The van der Waals surface area contributed by atoms with E-state index in [1.165, 1.54) is 0 Å². The summed E-state index contributed by atoms with van der Waals surface area (Å²) in [4.78, 5) is 0.